The van der Waals surface area contributed by atoms with E-state index in [0.717, 1.165) is 27.8 Å². The quantitative estimate of drug-likeness (QED) is 0.424. The second-order valence-electron chi connectivity index (χ2n) is 10.7. The monoisotopic (exact) mass is 519 g/mol. The molecule has 1 aliphatic heterocycles. The van der Waals surface area contributed by atoms with Crippen molar-refractivity contribution in [1.82, 2.24) is 14.8 Å². The van der Waals surface area contributed by atoms with E-state index in [2.05, 4.69) is 26.2 Å². The van der Waals surface area contributed by atoms with E-state index in [1.165, 1.54) is 0 Å². The lowest BCUT2D eigenvalue weighted by Gasteiger charge is -2.41. The van der Waals surface area contributed by atoms with E-state index in [1.807, 2.05) is 51.1 Å². The van der Waals surface area contributed by atoms with Gasteiger partial charge >= 0.3 is 12.2 Å². The minimum Gasteiger partial charge on any atom is -0.445 e. The molecule has 2 aromatic rings. The van der Waals surface area contributed by atoms with Gasteiger partial charge in [0.2, 0.25) is 0 Å². The number of nitrogens with zero attached hydrogens (tertiary/aromatic N) is 3. The van der Waals surface area contributed by atoms with Crippen LogP contribution in [0.3, 0.4) is 0 Å². The number of ether oxygens (including phenoxy) is 2. The SMILES string of the molecule is CC(C)(C)OC(=O)N1CCN(C(=O)OCc2ccccc2)C[C@H]1CCSc1nc(C(C)(C)C)cs1. The number of hydrogen-bond donors (Lipinski definition) is 0. The first-order valence-electron chi connectivity index (χ1n) is 12.0. The molecule has 0 bridgehead atoms. The van der Waals surface area contributed by atoms with Crippen molar-refractivity contribution in [2.75, 3.05) is 25.4 Å². The minimum absolute atomic E-state index is 0.0206. The van der Waals surface area contributed by atoms with Crippen molar-refractivity contribution in [3.8, 4) is 0 Å². The number of hydrogen-bond acceptors (Lipinski definition) is 7. The predicted octanol–water partition coefficient (Wildman–Crippen LogP) is 6.18. The van der Waals surface area contributed by atoms with E-state index >= 15 is 0 Å². The molecule has 0 saturated carbocycles. The normalized spacial score (nSPS) is 16.8. The van der Waals surface area contributed by atoms with E-state index in [-0.39, 0.29) is 30.3 Å². The van der Waals surface area contributed by atoms with Crippen LogP contribution in [0.2, 0.25) is 0 Å². The summed E-state index contributed by atoms with van der Waals surface area (Å²) in [5.74, 6) is 0.786. The van der Waals surface area contributed by atoms with Gasteiger partial charge in [-0.1, -0.05) is 62.9 Å². The van der Waals surface area contributed by atoms with Gasteiger partial charge in [-0.05, 0) is 32.8 Å². The van der Waals surface area contributed by atoms with Crippen LogP contribution >= 0.6 is 23.1 Å². The molecule has 1 aliphatic rings. The Morgan fingerprint density at radius 1 is 1.09 bits per heavy atom. The molecule has 0 radical (unpaired) electrons. The third kappa shape index (κ3) is 8.42. The highest BCUT2D eigenvalue weighted by Gasteiger charge is 2.35. The van der Waals surface area contributed by atoms with Gasteiger partial charge < -0.3 is 19.3 Å². The topological polar surface area (TPSA) is 72.0 Å². The molecule has 35 heavy (non-hydrogen) atoms. The maximum atomic E-state index is 12.9. The van der Waals surface area contributed by atoms with Crippen molar-refractivity contribution in [2.24, 2.45) is 0 Å². The summed E-state index contributed by atoms with van der Waals surface area (Å²) >= 11 is 3.34. The molecule has 0 unspecified atom stereocenters. The molecule has 1 aromatic carbocycles. The third-order valence-electron chi connectivity index (χ3n) is 5.50. The number of carbonyl (C=O) groups is 2. The van der Waals surface area contributed by atoms with Crippen LogP contribution in [-0.2, 0) is 21.5 Å². The molecule has 192 valence electrons. The van der Waals surface area contributed by atoms with Gasteiger partial charge in [-0.15, -0.1) is 11.3 Å². The summed E-state index contributed by atoms with van der Waals surface area (Å²) in [5, 5.41) is 2.11. The van der Waals surface area contributed by atoms with Gasteiger partial charge in [-0.3, -0.25) is 0 Å². The van der Waals surface area contributed by atoms with E-state index in [4.69, 9.17) is 14.5 Å². The zero-order chi connectivity index (χ0) is 25.6. The lowest BCUT2D eigenvalue weighted by atomic mass is 9.93. The van der Waals surface area contributed by atoms with Crippen molar-refractivity contribution in [1.29, 1.82) is 0 Å². The Morgan fingerprint density at radius 2 is 1.80 bits per heavy atom. The molecule has 7 nitrogen and oxygen atoms in total. The smallest absolute Gasteiger partial charge is 0.410 e. The van der Waals surface area contributed by atoms with Crippen LogP contribution in [0.15, 0.2) is 40.1 Å². The van der Waals surface area contributed by atoms with Crippen molar-refractivity contribution in [3.05, 3.63) is 47.0 Å². The Hall–Kier alpha value is -2.26. The average molecular weight is 520 g/mol. The zero-order valence-corrected chi connectivity index (χ0v) is 23.2. The average Bonchev–Trinajstić information content (AvgIpc) is 3.26. The van der Waals surface area contributed by atoms with Crippen LogP contribution < -0.4 is 0 Å². The summed E-state index contributed by atoms with van der Waals surface area (Å²) in [6, 6.07) is 9.47. The van der Waals surface area contributed by atoms with Crippen LogP contribution in [0.5, 0.6) is 0 Å². The Labute approximate surface area is 217 Å². The molecule has 0 spiro atoms. The fourth-order valence-electron chi connectivity index (χ4n) is 3.59. The molecule has 3 rings (SSSR count). The van der Waals surface area contributed by atoms with Gasteiger partial charge in [-0.25, -0.2) is 14.6 Å². The van der Waals surface area contributed by atoms with Gasteiger partial charge in [0.25, 0.3) is 0 Å². The Morgan fingerprint density at radius 3 is 2.43 bits per heavy atom. The second kappa shape index (κ2) is 11.6. The largest absolute Gasteiger partial charge is 0.445 e. The first kappa shape index (κ1) is 27.3. The Bertz CT molecular complexity index is 982. The number of piperazine rings is 1. The number of amides is 2. The highest BCUT2D eigenvalue weighted by molar-refractivity contribution is 8.01. The summed E-state index contributed by atoms with van der Waals surface area (Å²) in [4.78, 5) is 33.9. The molecule has 2 heterocycles. The zero-order valence-electron chi connectivity index (χ0n) is 21.6. The Balaban J connectivity index is 1.61. The van der Waals surface area contributed by atoms with Gasteiger partial charge in [0.15, 0.2) is 0 Å². The molecule has 1 saturated heterocycles. The van der Waals surface area contributed by atoms with E-state index in [0.29, 0.717) is 19.6 Å². The Kier molecular flexibility index (Phi) is 9.10. The molecule has 1 fully saturated rings. The van der Waals surface area contributed by atoms with Gasteiger partial charge in [0, 0.05) is 36.2 Å². The summed E-state index contributed by atoms with van der Waals surface area (Å²) < 4.78 is 12.2. The van der Waals surface area contributed by atoms with Gasteiger partial charge in [-0.2, -0.15) is 0 Å². The summed E-state index contributed by atoms with van der Waals surface area (Å²) in [6.45, 7) is 13.5. The van der Waals surface area contributed by atoms with E-state index in [1.54, 1.807) is 32.9 Å². The first-order valence-corrected chi connectivity index (χ1v) is 13.8. The lowest BCUT2D eigenvalue weighted by Crippen LogP contribution is -2.57. The lowest BCUT2D eigenvalue weighted by molar-refractivity contribution is -0.00349. The molecule has 1 atom stereocenters. The molecule has 0 N–H and O–H groups in total. The van der Waals surface area contributed by atoms with Crippen LogP contribution in [-0.4, -0.2) is 64.0 Å². The number of thiazole rings is 1. The minimum atomic E-state index is -0.577. The molecular formula is C26H37N3O4S2. The van der Waals surface area contributed by atoms with Gasteiger partial charge in [0.1, 0.15) is 16.5 Å². The first-order chi connectivity index (χ1) is 16.4. The molecule has 1 aromatic heterocycles. The highest BCUT2D eigenvalue weighted by Crippen LogP contribution is 2.30. The fraction of sp³-hybridized carbons (Fsp3) is 0.577. The number of benzene rings is 1. The maximum Gasteiger partial charge on any atom is 0.410 e. The molecular weight excluding hydrogens is 482 g/mol. The number of rotatable bonds is 6. The molecule has 9 heteroatoms. The van der Waals surface area contributed by atoms with Crippen LogP contribution in [0.1, 0.15) is 59.2 Å². The maximum absolute atomic E-state index is 12.9. The van der Waals surface area contributed by atoms with Crippen LogP contribution in [0.4, 0.5) is 9.59 Å². The number of carbonyl (C=O) groups excluding carboxylic acids is 2. The van der Waals surface area contributed by atoms with E-state index in [9.17, 15) is 9.59 Å². The van der Waals surface area contributed by atoms with Crippen molar-refractivity contribution >= 4 is 35.3 Å². The summed E-state index contributed by atoms with van der Waals surface area (Å²) in [5.41, 5.74) is 1.48. The molecule has 2 amide bonds. The van der Waals surface area contributed by atoms with E-state index < -0.39 is 5.60 Å². The standard InChI is InChI=1S/C26H37N3O4S2/c1-25(2,3)21-18-35-22(27-21)34-15-12-20-16-28(13-14-29(20)24(31)33-26(4,5)6)23(30)32-17-19-10-8-7-9-11-19/h7-11,18,20H,12-17H2,1-6H3/t20-/m1/s1. The van der Waals surface area contributed by atoms with Crippen molar-refractivity contribution in [3.63, 3.8) is 0 Å². The van der Waals surface area contributed by atoms with Crippen molar-refractivity contribution < 1.29 is 19.1 Å². The van der Waals surface area contributed by atoms with Crippen molar-refractivity contribution in [2.45, 2.75) is 76.0 Å². The number of thioether (sulfide) groups is 1. The second-order valence-corrected chi connectivity index (χ2v) is 12.9. The predicted molar refractivity (Wildman–Crippen MR) is 141 cm³/mol. The third-order valence-corrected chi connectivity index (χ3v) is 7.56. The van der Waals surface area contributed by atoms with Gasteiger partial charge in [0.05, 0.1) is 11.7 Å². The number of aromatic nitrogens is 1. The highest BCUT2D eigenvalue weighted by atomic mass is 32.2. The summed E-state index contributed by atoms with van der Waals surface area (Å²) in [6.07, 6.45) is 0.0238. The van der Waals surface area contributed by atoms with Crippen LogP contribution in [0.25, 0.3) is 0 Å². The van der Waals surface area contributed by atoms with Crippen LogP contribution in [0, 0.1) is 0 Å². The fourth-order valence-corrected chi connectivity index (χ4v) is 5.75. The summed E-state index contributed by atoms with van der Waals surface area (Å²) in [7, 11) is 0. The molecule has 0 aliphatic carbocycles.